The number of nitrogens with zero attached hydrogens (tertiary/aromatic N) is 2. The Labute approximate surface area is 209 Å². The van der Waals surface area contributed by atoms with Crippen molar-refractivity contribution in [3.63, 3.8) is 0 Å². The number of hydrogen-bond acceptors (Lipinski definition) is 6. The van der Waals surface area contributed by atoms with Gasteiger partial charge in [0.1, 0.15) is 24.2 Å². The Hall–Kier alpha value is -3.37. The van der Waals surface area contributed by atoms with E-state index < -0.39 is 21.5 Å². The molecule has 0 aliphatic carbocycles. The summed E-state index contributed by atoms with van der Waals surface area (Å²) in [5, 5.41) is 3.40. The van der Waals surface area contributed by atoms with Crippen LogP contribution in [-0.2, 0) is 21.4 Å². The van der Waals surface area contributed by atoms with Crippen molar-refractivity contribution in [2.75, 3.05) is 26.2 Å². The van der Waals surface area contributed by atoms with Gasteiger partial charge in [-0.1, -0.05) is 37.3 Å². The number of pyridine rings is 1. The molecule has 0 unspecified atom stereocenters. The van der Waals surface area contributed by atoms with Crippen molar-refractivity contribution in [1.29, 1.82) is 0 Å². The molecule has 3 aromatic rings. The van der Waals surface area contributed by atoms with E-state index in [0.717, 1.165) is 12.8 Å². The van der Waals surface area contributed by atoms with Crippen molar-refractivity contribution in [1.82, 2.24) is 14.2 Å². The zero-order valence-corrected chi connectivity index (χ0v) is 20.9. The Morgan fingerprint density at radius 1 is 1.03 bits per heavy atom. The number of para-hydroxylation sites is 2. The maximum absolute atomic E-state index is 13.6. The van der Waals surface area contributed by atoms with Gasteiger partial charge in [0.25, 0.3) is 5.56 Å². The number of carbonyl (C=O) groups excluding carboxylic acids is 1. The minimum atomic E-state index is -3.84. The molecular weight excluding hydrogens is 482 g/mol. The Balaban J connectivity index is 1.36. The number of nitrogens with one attached hydrogen (secondary N) is 1. The van der Waals surface area contributed by atoms with Gasteiger partial charge in [0.15, 0.2) is 11.5 Å². The first-order valence-electron chi connectivity index (χ1n) is 12.1. The number of amides is 1. The standard InChI is InChI=1S/C26H29N3O6S/c1-18-10-12-29(13-11-18)36(32,33)24-15-28(26(31)21-7-3-2-6-20(21)24)16-25(30)27-14-19-17-34-22-8-4-5-9-23(22)35-19/h2-9,15,18-19H,10-14,16-17H2,1H3,(H,27,30)/t19-/m0/s1. The maximum Gasteiger partial charge on any atom is 0.258 e. The van der Waals surface area contributed by atoms with E-state index in [1.54, 1.807) is 30.3 Å². The number of ether oxygens (including phenoxy) is 2. The average Bonchev–Trinajstić information content (AvgIpc) is 2.89. The van der Waals surface area contributed by atoms with Crippen molar-refractivity contribution < 1.29 is 22.7 Å². The van der Waals surface area contributed by atoms with Gasteiger partial charge < -0.3 is 19.4 Å². The van der Waals surface area contributed by atoms with Gasteiger partial charge in [-0.25, -0.2) is 8.42 Å². The van der Waals surface area contributed by atoms with Crippen LogP contribution in [0.1, 0.15) is 19.8 Å². The van der Waals surface area contributed by atoms with Crippen LogP contribution in [0, 0.1) is 5.92 Å². The second kappa shape index (κ2) is 9.94. The Morgan fingerprint density at radius 3 is 2.44 bits per heavy atom. The number of rotatable bonds is 6. The molecule has 0 radical (unpaired) electrons. The molecule has 190 valence electrons. The fraction of sp³-hybridized carbons (Fsp3) is 0.385. The van der Waals surface area contributed by atoms with E-state index in [-0.39, 0.29) is 36.1 Å². The van der Waals surface area contributed by atoms with Crippen LogP contribution in [0.4, 0.5) is 0 Å². The van der Waals surface area contributed by atoms with Crippen LogP contribution in [0.2, 0.25) is 0 Å². The van der Waals surface area contributed by atoms with Crippen LogP contribution in [0.5, 0.6) is 11.5 Å². The molecule has 9 nitrogen and oxygen atoms in total. The molecule has 1 saturated heterocycles. The van der Waals surface area contributed by atoms with E-state index >= 15 is 0 Å². The number of benzene rings is 2. The predicted molar refractivity (Wildman–Crippen MR) is 135 cm³/mol. The van der Waals surface area contributed by atoms with Crippen LogP contribution in [0.3, 0.4) is 0 Å². The Kier molecular flexibility index (Phi) is 6.72. The molecule has 1 atom stereocenters. The highest BCUT2D eigenvalue weighted by Crippen LogP contribution is 2.31. The Bertz CT molecular complexity index is 1440. The molecule has 0 bridgehead atoms. The summed E-state index contributed by atoms with van der Waals surface area (Å²) in [7, 11) is -3.84. The van der Waals surface area contributed by atoms with Crippen LogP contribution < -0.4 is 20.3 Å². The van der Waals surface area contributed by atoms with Crippen LogP contribution >= 0.6 is 0 Å². The molecule has 2 aromatic carbocycles. The fourth-order valence-electron chi connectivity index (χ4n) is 4.60. The quantitative estimate of drug-likeness (QED) is 0.545. The molecule has 1 amide bonds. The number of sulfonamides is 1. The lowest BCUT2D eigenvalue weighted by atomic mass is 10.0. The molecule has 1 aromatic heterocycles. The molecule has 36 heavy (non-hydrogen) atoms. The van der Waals surface area contributed by atoms with Gasteiger partial charge in [-0.05, 0) is 37.0 Å². The summed E-state index contributed by atoms with van der Waals surface area (Å²) in [6.45, 7) is 3.14. The third-order valence-electron chi connectivity index (χ3n) is 6.73. The molecule has 2 aliphatic heterocycles. The summed E-state index contributed by atoms with van der Waals surface area (Å²) in [5.74, 6) is 1.30. The van der Waals surface area contributed by atoms with Crippen LogP contribution in [0.25, 0.3) is 10.8 Å². The van der Waals surface area contributed by atoms with Gasteiger partial charge >= 0.3 is 0 Å². The van der Waals surface area contributed by atoms with Gasteiger partial charge in [0.2, 0.25) is 15.9 Å². The average molecular weight is 512 g/mol. The predicted octanol–water partition coefficient (Wildman–Crippen LogP) is 2.38. The Morgan fingerprint density at radius 2 is 1.69 bits per heavy atom. The largest absolute Gasteiger partial charge is 0.486 e. The molecule has 5 rings (SSSR count). The highest BCUT2D eigenvalue weighted by atomic mass is 32.2. The van der Waals surface area contributed by atoms with E-state index in [9.17, 15) is 18.0 Å². The molecule has 10 heteroatoms. The van der Waals surface area contributed by atoms with Crippen molar-refractivity contribution in [2.24, 2.45) is 5.92 Å². The van der Waals surface area contributed by atoms with Gasteiger partial charge in [0.05, 0.1) is 6.54 Å². The molecular formula is C26H29N3O6S. The highest BCUT2D eigenvalue weighted by Gasteiger charge is 2.31. The van der Waals surface area contributed by atoms with Crippen LogP contribution in [-0.4, -0.2) is 55.5 Å². The number of carbonyl (C=O) groups is 1. The van der Waals surface area contributed by atoms with Crippen molar-refractivity contribution in [3.8, 4) is 11.5 Å². The lowest BCUT2D eigenvalue weighted by molar-refractivity contribution is -0.122. The zero-order valence-electron chi connectivity index (χ0n) is 20.1. The first kappa shape index (κ1) is 24.3. The van der Waals surface area contributed by atoms with Gasteiger partial charge in [0, 0.05) is 30.1 Å². The van der Waals surface area contributed by atoms with Gasteiger partial charge in [-0.3, -0.25) is 9.59 Å². The SMILES string of the molecule is CC1CCN(S(=O)(=O)c2cn(CC(=O)NC[C@H]3COc4ccccc4O3)c(=O)c3ccccc23)CC1. The summed E-state index contributed by atoms with van der Waals surface area (Å²) < 4.78 is 41.3. The second-order valence-electron chi connectivity index (χ2n) is 9.36. The third-order valence-corrected chi connectivity index (χ3v) is 8.65. The minimum absolute atomic E-state index is 0.0423. The molecule has 3 heterocycles. The number of piperidine rings is 1. The summed E-state index contributed by atoms with van der Waals surface area (Å²) >= 11 is 0. The molecule has 1 N–H and O–H groups in total. The van der Waals surface area contributed by atoms with Gasteiger partial charge in [-0.15, -0.1) is 0 Å². The summed E-state index contributed by atoms with van der Waals surface area (Å²) in [4.78, 5) is 25.9. The van der Waals surface area contributed by atoms with E-state index in [0.29, 0.717) is 35.9 Å². The highest BCUT2D eigenvalue weighted by molar-refractivity contribution is 7.89. The first-order chi connectivity index (χ1) is 17.3. The summed E-state index contributed by atoms with van der Waals surface area (Å²) in [6, 6.07) is 13.9. The van der Waals surface area contributed by atoms with E-state index in [4.69, 9.17) is 9.47 Å². The topological polar surface area (TPSA) is 107 Å². The smallest absolute Gasteiger partial charge is 0.258 e. The van der Waals surface area contributed by atoms with E-state index in [2.05, 4.69) is 12.2 Å². The van der Waals surface area contributed by atoms with E-state index in [1.807, 2.05) is 18.2 Å². The maximum atomic E-state index is 13.6. The monoisotopic (exact) mass is 511 g/mol. The van der Waals surface area contributed by atoms with Crippen molar-refractivity contribution >= 4 is 26.7 Å². The van der Waals surface area contributed by atoms with Crippen molar-refractivity contribution in [2.45, 2.75) is 37.3 Å². The zero-order chi connectivity index (χ0) is 25.3. The number of hydrogen-bond donors (Lipinski definition) is 1. The molecule has 1 fully saturated rings. The van der Waals surface area contributed by atoms with Crippen molar-refractivity contribution in [3.05, 3.63) is 65.1 Å². The first-order valence-corrected chi connectivity index (χ1v) is 13.5. The molecule has 2 aliphatic rings. The molecule has 0 spiro atoms. The van der Waals surface area contributed by atoms with Crippen LogP contribution in [0.15, 0.2) is 64.4 Å². The third kappa shape index (κ3) is 4.83. The second-order valence-corrected chi connectivity index (χ2v) is 11.3. The molecule has 0 saturated carbocycles. The lowest BCUT2D eigenvalue weighted by Crippen LogP contribution is -2.42. The van der Waals surface area contributed by atoms with E-state index in [1.165, 1.54) is 15.1 Å². The number of fused-ring (bicyclic) bond motifs is 2. The fourth-order valence-corrected chi connectivity index (χ4v) is 6.28. The summed E-state index contributed by atoms with van der Waals surface area (Å²) in [5.41, 5.74) is -0.418. The minimum Gasteiger partial charge on any atom is -0.486 e. The number of aromatic nitrogens is 1. The lowest BCUT2D eigenvalue weighted by Gasteiger charge is -2.30. The summed E-state index contributed by atoms with van der Waals surface area (Å²) in [6.07, 6.45) is 2.50. The van der Waals surface area contributed by atoms with Gasteiger partial charge in [-0.2, -0.15) is 4.31 Å². The normalized spacial score (nSPS) is 18.8.